The zero-order valence-corrected chi connectivity index (χ0v) is 9.55. The van der Waals surface area contributed by atoms with Crippen molar-refractivity contribution in [3.8, 4) is 0 Å². The van der Waals surface area contributed by atoms with Crippen molar-refractivity contribution in [2.24, 2.45) is 0 Å². The topological polar surface area (TPSA) is 110 Å². The average molecular weight is 271 g/mol. The first kappa shape index (κ1) is 13.7. The molecule has 8 heteroatoms. The van der Waals surface area contributed by atoms with Gasteiger partial charge < -0.3 is 10.4 Å². The van der Waals surface area contributed by atoms with Gasteiger partial charge in [0.15, 0.2) is 0 Å². The molecule has 0 saturated heterocycles. The fourth-order valence-corrected chi connectivity index (χ4v) is 1.21. The third kappa shape index (κ3) is 3.87. The van der Waals surface area contributed by atoms with Crippen LogP contribution in [0.1, 0.15) is 0 Å². The van der Waals surface area contributed by atoms with Gasteiger partial charge in [-0.3, -0.25) is 14.9 Å². The Hall–Kier alpha value is -2.41. The van der Waals surface area contributed by atoms with E-state index in [0.29, 0.717) is 6.08 Å². The number of carbonyl (C=O) groups is 2. The number of hydrogen-bond donors (Lipinski definition) is 2. The summed E-state index contributed by atoms with van der Waals surface area (Å²) < 4.78 is 0. The number of aliphatic carboxylic acids is 1. The molecule has 0 unspecified atom stereocenters. The van der Waals surface area contributed by atoms with Crippen molar-refractivity contribution in [2.45, 2.75) is 0 Å². The van der Waals surface area contributed by atoms with Gasteiger partial charge in [0.1, 0.15) is 0 Å². The number of amides is 1. The van der Waals surface area contributed by atoms with E-state index in [-0.39, 0.29) is 16.4 Å². The lowest BCUT2D eigenvalue weighted by Gasteiger charge is -2.04. The fourth-order valence-electron chi connectivity index (χ4n) is 1.04. The number of non-ortho nitro benzene ring substituents is 1. The van der Waals surface area contributed by atoms with E-state index in [4.69, 9.17) is 16.7 Å². The number of rotatable bonds is 4. The maximum absolute atomic E-state index is 11.3. The van der Waals surface area contributed by atoms with E-state index in [2.05, 4.69) is 5.32 Å². The molecule has 0 saturated carbocycles. The van der Waals surface area contributed by atoms with Crippen LogP contribution in [0.3, 0.4) is 0 Å². The minimum Gasteiger partial charge on any atom is -0.478 e. The molecule has 0 aliphatic carbocycles. The van der Waals surface area contributed by atoms with E-state index in [1.54, 1.807) is 0 Å². The van der Waals surface area contributed by atoms with E-state index in [9.17, 15) is 19.7 Å². The van der Waals surface area contributed by atoms with Gasteiger partial charge in [-0.2, -0.15) is 0 Å². The summed E-state index contributed by atoms with van der Waals surface area (Å²) in [4.78, 5) is 31.3. The van der Waals surface area contributed by atoms with Crippen molar-refractivity contribution in [2.75, 3.05) is 5.32 Å². The Bertz CT molecular complexity index is 541. The smallest absolute Gasteiger partial charge is 0.328 e. The molecule has 18 heavy (non-hydrogen) atoms. The van der Waals surface area contributed by atoms with Crippen LogP contribution in [0.2, 0.25) is 5.02 Å². The Morgan fingerprint density at radius 3 is 2.61 bits per heavy atom. The van der Waals surface area contributed by atoms with Gasteiger partial charge in [-0.15, -0.1) is 0 Å². The summed E-state index contributed by atoms with van der Waals surface area (Å²) in [6, 6.07) is 3.52. The van der Waals surface area contributed by atoms with Crippen LogP contribution in [-0.2, 0) is 9.59 Å². The fraction of sp³-hybridized carbons (Fsp3) is 0. The zero-order valence-electron chi connectivity index (χ0n) is 8.79. The van der Waals surface area contributed by atoms with E-state index >= 15 is 0 Å². The summed E-state index contributed by atoms with van der Waals surface area (Å²) in [6.07, 6.45) is 1.41. The second kappa shape index (κ2) is 5.78. The van der Waals surface area contributed by atoms with E-state index < -0.39 is 16.8 Å². The first-order valence-electron chi connectivity index (χ1n) is 4.56. The standard InChI is InChI=1S/C10H7ClN2O5/c11-7-2-1-6(13(17)18)5-8(7)12-9(14)3-4-10(15)16/h1-5H,(H,12,14)(H,15,16)/b4-3+. The van der Waals surface area contributed by atoms with Gasteiger partial charge in [-0.1, -0.05) is 11.6 Å². The number of nitro groups is 1. The highest BCUT2D eigenvalue weighted by atomic mass is 35.5. The molecule has 0 fully saturated rings. The molecule has 0 aromatic heterocycles. The van der Waals surface area contributed by atoms with Crippen molar-refractivity contribution in [1.29, 1.82) is 0 Å². The van der Waals surface area contributed by atoms with Gasteiger partial charge in [-0.05, 0) is 6.07 Å². The molecule has 1 aromatic rings. The van der Waals surface area contributed by atoms with Crippen LogP contribution in [-0.4, -0.2) is 21.9 Å². The van der Waals surface area contributed by atoms with Crippen molar-refractivity contribution >= 4 is 34.9 Å². The van der Waals surface area contributed by atoms with Gasteiger partial charge in [0, 0.05) is 24.3 Å². The van der Waals surface area contributed by atoms with Crippen LogP contribution in [0.25, 0.3) is 0 Å². The van der Waals surface area contributed by atoms with E-state index in [0.717, 1.165) is 12.1 Å². The predicted molar refractivity (Wildman–Crippen MR) is 63.5 cm³/mol. The molecule has 2 N–H and O–H groups in total. The van der Waals surface area contributed by atoms with Crippen LogP contribution in [0.5, 0.6) is 0 Å². The van der Waals surface area contributed by atoms with Gasteiger partial charge in [-0.25, -0.2) is 4.79 Å². The molecule has 0 spiro atoms. The van der Waals surface area contributed by atoms with Crippen molar-refractivity contribution in [3.05, 3.63) is 45.5 Å². The van der Waals surface area contributed by atoms with Crippen LogP contribution < -0.4 is 5.32 Å². The molecular weight excluding hydrogens is 264 g/mol. The summed E-state index contributed by atoms with van der Waals surface area (Å²) in [5.74, 6) is -2.03. The van der Waals surface area contributed by atoms with Crippen LogP contribution >= 0.6 is 11.6 Å². The monoisotopic (exact) mass is 270 g/mol. The summed E-state index contributed by atoms with van der Waals surface area (Å²) >= 11 is 5.73. The Morgan fingerprint density at radius 2 is 2.06 bits per heavy atom. The quantitative estimate of drug-likeness (QED) is 0.493. The van der Waals surface area contributed by atoms with Crippen molar-refractivity contribution < 1.29 is 19.6 Å². The van der Waals surface area contributed by atoms with Crippen LogP contribution in [0.15, 0.2) is 30.4 Å². The first-order chi connectivity index (χ1) is 8.40. The second-order valence-corrected chi connectivity index (χ2v) is 3.49. The number of nitrogens with one attached hydrogen (secondary N) is 1. The minimum atomic E-state index is -1.28. The number of nitrogens with zero attached hydrogens (tertiary/aromatic N) is 1. The van der Waals surface area contributed by atoms with Crippen molar-refractivity contribution in [1.82, 2.24) is 0 Å². The van der Waals surface area contributed by atoms with Gasteiger partial charge in [0.05, 0.1) is 15.6 Å². The number of carboxylic acid groups (broad SMARTS) is 1. The number of carboxylic acids is 1. The highest BCUT2D eigenvalue weighted by Gasteiger charge is 2.11. The van der Waals surface area contributed by atoms with Gasteiger partial charge in [0.2, 0.25) is 5.91 Å². The third-order valence-electron chi connectivity index (χ3n) is 1.80. The van der Waals surface area contributed by atoms with E-state index in [1.807, 2.05) is 0 Å². The normalized spacial score (nSPS) is 10.3. The number of hydrogen-bond acceptors (Lipinski definition) is 4. The summed E-state index contributed by atoms with van der Waals surface area (Å²) in [7, 11) is 0. The molecule has 1 amide bonds. The number of benzene rings is 1. The zero-order chi connectivity index (χ0) is 13.7. The number of halogens is 1. The Kier molecular flexibility index (Phi) is 4.39. The molecule has 1 rings (SSSR count). The van der Waals surface area contributed by atoms with E-state index in [1.165, 1.54) is 12.1 Å². The number of carbonyl (C=O) groups excluding carboxylic acids is 1. The molecule has 0 radical (unpaired) electrons. The molecule has 0 atom stereocenters. The largest absolute Gasteiger partial charge is 0.478 e. The lowest BCUT2D eigenvalue weighted by Crippen LogP contribution is -2.09. The first-order valence-corrected chi connectivity index (χ1v) is 4.94. The molecule has 0 aliphatic heterocycles. The SMILES string of the molecule is O=C(O)/C=C/C(=O)Nc1cc([N+](=O)[O-])ccc1Cl. The highest BCUT2D eigenvalue weighted by Crippen LogP contribution is 2.26. The van der Waals surface area contributed by atoms with Crippen LogP contribution in [0, 0.1) is 10.1 Å². The summed E-state index contributed by atoms with van der Waals surface area (Å²) in [5.41, 5.74) is -0.206. The molecule has 0 heterocycles. The molecule has 0 aliphatic rings. The predicted octanol–water partition coefficient (Wildman–Crippen LogP) is 1.83. The minimum absolute atomic E-state index is 0.0332. The Labute approximate surface area is 106 Å². The van der Waals surface area contributed by atoms with Crippen molar-refractivity contribution in [3.63, 3.8) is 0 Å². The third-order valence-corrected chi connectivity index (χ3v) is 2.13. The molecule has 94 valence electrons. The number of nitro benzene ring substituents is 1. The molecule has 7 nitrogen and oxygen atoms in total. The lowest BCUT2D eigenvalue weighted by molar-refractivity contribution is -0.384. The maximum atomic E-state index is 11.3. The Morgan fingerprint density at radius 1 is 1.39 bits per heavy atom. The highest BCUT2D eigenvalue weighted by molar-refractivity contribution is 6.34. The summed E-state index contributed by atoms with van der Waals surface area (Å²) in [6.45, 7) is 0. The second-order valence-electron chi connectivity index (χ2n) is 3.08. The van der Waals surface area contributed by atoms with Gasteiger partial charge in [0.25, 0.3) is 5.69 Å². The molecular formula is C10H7ClN2O5. The summed E-state index contributed by atoms with van der Waals surface area (Å²) in [5, 5.41) is 21.2. The maximum Gasteiger partial charge on any atom is 0.328 e. The molecule has 1 aromatic carbocycles. The van der Waals surface area contributed by atoms with Crippen LogP contribution in [0.4, 0.5) is 11.4 Å². The molecule has 0 bridgehead atoms. The number of anilines is 1. The van der Waals surface area contributed by atoms with Gasteiger partial charge >= 0.3 is 5.97 Å². The Balaban J connectivity index is 2.90. The lowest BCUT2D eigenvalue weighted by atomic mass is 10.2. The average Bonchev–Trinajstić information content (AvgIpc) is 2.29.